The molecule has 1 saturated carbocycles. The van der Waals surface area contributed by atoms with Gasteiger partial charge in [-0.3, -0.25) is 0 Å². The number of hydrogen-bond donors (Lipinski definition) is 2. The van der Waals surface area contributed by atoms with Crippen molar-refractivity contribution in [2.75, 3.05) is 12.4 Å². The van der Waals surface area contributed by atoms with E-state index in [1.165, 1.54) is 18.9 Å². The summed E-state index contributed by atoms with van der Waals surface area (Å²) in [6, 6.07) is 0. The highest BCUT2D eigenvalue weighted by molar-refractivity contribution is 7.89. The number of nitrogens with one attached hydrogen (secondary N) is 2. The van der Waals surface area contributed by atoms with Gasteiger partial charge < -0.3 is 4.98 Å². The average molecular weight is 292 g/mol. The molecule has 1 aliphatic rings. The lowest BCUT2D eigenvalue weighted by atomic mass is 9.76. The van der Waals surface area contributed by atoms with E-state index in [2.05, 4.69) is 14.7 Å². The standard InChI is InChI=1S/C11H18ClN3O2S/c12-7-11(4-2-1-3-5-11)8-15-18(16,17)10-6-13-9-14-10/h6,9,15H,1-5,7-8H2,(H,13,14). The number of rotatable bonds is 5. The van der Waals surface area contributed by atoms with Gasteiger partial charge in [0.1, 0.15) is 0 Å². The first-order valence-electron chi connectivity index (χ1n) is 6.12. The lowest BCUT2D eigenvalue weighted by Gasteiger charge is -2.35. The van der Waals surface area contributed by atoms with Gasteiger partial charge in [0.2, 0.25) is 0 Å². The molecule has 1 aliphatic carbocycles. The van der Waals surface area contributed by atoms with Crippen LogP contribution in [0.3, 0.4) is 0 Å². The predicted molar refractivity (Wildman–Crippen MR) is 70.0 cm³/mol. The van der Waals surface area contributed by atoms with Gasteiger partial charge >= 0.3 is 0 Å². The molecule has 18 heavy (non-hydrogen) atoms. The molecule has 7 heteroatoms. The first kappa shape index (κ1) is 13.8. The Morgan fingerprint density at radius 2 is 2.11 bits per heavy atom. The van der Waals surface area contributed by atoms with Crippen LogP contribution in [0.15, 0.2) is 17.6 Å². The summed E-state index contributed by atoms with van der Waals surface area (Å²) in [6.07, 6.45) is 8.09. The maximum Gasteiger partial charge on any atom is 0.257 e. The number of imidazole rings is 1. The third-order valence-electron chi connectivity index (χ3n) is 3.60. The van der Waals surface area contributed by atoms with Crippen LogP contribution in [0, 0.1) is 5.41 Å². The molecule has 0 saturated heterocycles. The van der Waals surface area contributed by atoms with Gasteiger partial charge in [0.15, 0.2) is 5.03 Å². The summed E-state index contributed by atoms with van der Waals surface area (Å²) in [5, 5.41) is 0.100. The van der Waals surface area contributed by atoms with Gasteiger partial charge in [-0.1, -0.05) is 19.3 Å². The maximum absolute atomic E-state index is 12.0. The predicted octanol–water partition coefficient (Wildman–Crippen LogP) is 1.88. The van der Waals surface area contributed by atoms with Crippen molar-refractivity contribution in [3.05, 3.63) is 12.5 Å². The van der Waals surface area contributed by atoms with E-state index in [1.54, 1.807) is 0 Å². The second-order valence-corrected chi connectivity index (χ2v) is 6.94. The van der Waals surface area contributed by atoms with Gasteiger partial charge in [0.25, 0.3) is 10.0 Å². The number of sulfonamides is 1. The molecule has 1 heterocycles. The van der Waals surface area contributed by atoms with E-state index in [4.69, 9.17) is 11.6 Å². The first-order valence-corrected chi connectivity index (χ1v) is 8.14. The SMILES string of the molecule is O=S(=O)(NCC1(CCl)CCCCC1)c1cnc[nH]1. The molecule has 0 radical (unpaired) electrons. The van der Waals surface area contributed by atoms with E-state index in [9.17, 15) is 8.42 Å². The summed E-state index contributed by atoms with van der Waals surface area (Å²) < 4.78 is 26.6. The molecule has 2 N–H and O–H groups in total. The minimum Gasteiger partial charge on any atom is -0.335 e. The van der Waals surface area contributed by atoms with Crippen molar-refractivity contribution in [1.29, 1.82) is 0 Å². The number of nitrogens with zero attached hydrogens (tertiary/aromatic N) is 1. The Balaban J connectivity index is 2.02. The number of alkyl halides is 1. The Hall–Kier alpha value is -0.590. The number of aromatic amines is 1. The van der Waals surface area contributed by atoms with Gasteiger partial charge in [-0.25, -0.2) is 18.1 Å². The molecule has 1 aromatic heterocycles. The molecule has 1 aromatic rings. The second-order valence-electron chi connectivity index (χ2n) is 4.93. The lowest BCUT2D eigenvalue weighted by Crippen LogP contribution is -2.40. The summed E-state index contributed by atoms with van der Waals surface area (Å²) >= 11 is 6.04. The number of halogens is 1. The quantitative estimate of drug-likeness (QED) is 0.813. The zero-order valence-corrected chi connectivity index (χ0v) is 11.7. The van der Waals surface area contributed by atoms with E-state index < -0.39 is 10.0 Å². The Morgan fingerprint density at radius 1 is 1.39 bits per heavy atom. The van der Waals surface area contributed by atoms with Crippen LogP contribution in [0.25, 0.3) is 0 Å². The highest BCUT2D eigenvalue weighted by Gasteiger charge is 2.32. The van der Waals surface area contributed by atoms with Gasteiger partial charge in [0, 0.05) is 12.4 Å². The van der Waals surface area contributed by atoms with Crippen LogP contribution in [0.4, 0.5) is 0 Å². The fraction of sp³-hybridized carbons (Fsp3) is 0.727. The van der Waals surface area contributed by atoms with Crippen LogP contribution in [0.2, 0.25) is 0 Å². The van der Waals surface area contributed by atoms with Gasteiger partial charge in [-0.2, -0.15) is 0 Å². The van der Waals surface area contributed by atoms with Crippen LogP contribution in [-0.2, 0) is 10.0 Å². The molecule has 2 rings (SSSR count). The molecule has 1 fully saturated rings. The summed E-state index contributed by atoms with van der Waals surface area (Å²) in [5.74, 6) is 0.499. The molecule has 0 atom stereocenters. The van der Waals surface area contributed by atoms with Gasteiger partial charge in [-0.15, -0.1) is 11.6 Å². The topological polar surface area (TPSA) is 74.8 Å². The molecule has 5 nitrogen and oxygen atoms in total. The normalized spacial score (nSPS) is 19.8. The molecule has 0 amide bonds. The summed E-state index contributed by atoms with van der Waals surface area (Å²) in [6.45, 7) is 0.401. The van der Waals surface area contributed by atoms with Crippen molar-refractivity contribution in [2.45, 2.75) is 37.1 Å². The van der Waals surface area contributed by atoms with Gasteiger partial charge in [0.05, 0.1) is 12.5 Å². The third-order valence-corrected chi connectivity index (χ3v) is 5.49. The maximum atomic E-state index is 12.0. The highest BCUT2D eigenvalue weighted by Crippen LogP contribution is 2.36. The smallest absolute Gasteiger partial charge is 0.257 e. The lowest BCUT2D eigenvalue weighted by molar-refractivity contribution is 0.223. The Morgan fingerprint density at radius 3 is 2.67 bits per heavy atom. The number of hydrogen-bond acceptors (Lipinski definition) is 3. The molecule has 0 aromatic carbocycles. The van der Waals surface area contributed by atoms with E-state index >= 15 is 0 Å². The fourth-order valence-corrected chi connectivity index (χ4v) is 3.80. The van der Waals surface area contributed by atoms with E-state index in [0.29, 0.717) is 12.4 Å². The summed E-state index contributed by atoms with van der Waals surface area (Å²) in [4.78, 5) is 6.32. The van der Waals surface area contributed by atoms with Crippen LogP contribution in [-0.4, -0.2) is 30.8 Å². The van der Waals surface area contributed by atoms with Crippen LogP contribution in [0.5, 0.6) is 0 Å². The number of aromatic nitrogens is 2. The molecular formula is C11H18ClN3O2S. The van der Waals surface area contributed by atoms with Crippen molar-refractivity contribution < 1.29 is 8.42 Å². The Labute approximate surface area is 112 Å². The van der Waals surface area contributed by atoms with Crippen molar-refractivity contribution in [2.24, 2.45) is 5.41 Å². The molecule has 0 aliphatic heterocycles. The molecular weight excluding hydrogens is 274 g/mol. The Bertz CT molecular complexity index is 466. The molecule has 0 bridgehead atoms. The molecule has 102 valence electrons. The minimum atomic E-state index is -3.49. The van der Waals surface area contributed by atoms with Gasteiger partial charge in [-0.05, 0) is 18.3 Å². The zero-order chi connectivity index (χ0) is 13.1. The average Bonchev–Trinajstić information content (AvgIpc) is 2.92. The second kappa shape index (κ2) is 5.59. The van der Waals surface area contributed by atoms with E-state index in [1.807, 2.05) is 0 Å². The van der Waals surface area contributed by atoms with E-state index in [-0.39, 0.29) is 10.4 Å². The zero-order valence-electron chi connectivity index (χ0n) is 10.2. The number of H-pyrrole nitrogens is 1. The third kappa shape index (κ3) is 3.05. The van der Waals surface area contributed by atoms with E-state index in [0.717, 1.165) is 25.7 Å². The highest BCUT2D eigenvalue weighted by atomic mass is 35.5. The minimum absolute atomic E-state index is 0.0904. The van der Waals surface area contributed by atoms with Crippen molar-refractivity contribution in [1.82, 2.24) is 14.7 Å². The first-order chi connectivity index (χ1) is 8.58. The fourth-order valence-electron chi connectivity index (χ4n) is 2.38. The molecule has 0 spiro atoms. The monoisotopic (exact) mass is 291 g/mol. The largest absolute Gasteiger partial charge is 0.335 e. The molecule has 0 unspecified atom stereocenters. The van der Waals surface area contributed by atoms with Crippen LogP contribution >= 0.6 is 11.6 Å². The van der Waals surface area contributed by atoms with Crippen LogP contribution < -0.4 is 4.72 Å². The van der Waals surface area contributed by atoms with Crippen LogP contribution in [0.1, 0.15) is 32.1 Å². The Kier molecular flexibility index (Phi) is 4.29. The summed E-state index contributed by atoms with van der Waals surface area (Å²) in [7, 11) is -3.49. The van der Waals surface area contributed by atoms with Crippen molar-refractivity contribution >= 4 is 21.6 Å². The summed E-state index contributed by atoms with van der Waals surface area (Å²) in [5.41, 5.74) is -0.0904. The van der Waals surface area contributed by atoms with Crippen molar-refractivity contribution in [3.63, 3.8) is 0 Å². The van der Waals surface area contributed by atoms with Crippen molar-refractivity contribution in [3.8, 4) is 0 Å².